The van der Waals surface area contributed by atoms with Crippen molar-refractivity contribution in [1.82, 2.24) is 0 Å². The van der Waals surface area contributed by atoms with Crippen LogP contribution in [-0.2, 0) is 14.2 Å². The Morgan fingerprint density at radius 3 is 1.40 bits per heavy atom. The van der Waals surface area contributed by atoms with Crippen LogP contribution in [0.5, 0.6) is 0 Å². The quantitative estimate of drug-likeness (QED) is 0.510. The van der Waals surface area contributed by atoms with Crippen molar-refractivity contribution in [2.45, 2.75) is 20.3 Å². The zero-order valence-electron chi connectivity index (χ0n) is 6.50. The average Bonchev–Trinajstić information content (AvgIpc) is 2.11. The maximum absolute atomic E-state index is 5.03. The molecular weight excluding hydrogens is 132 g/mol. The van der Waals surface area contributed by atoms with Crippen LogP contribution in [0.2, 0.25) is 0 Å². The first-order valence-corrected chi connectivity index (χ1v) is 3.80. The van der Waals surface area contributed by atoms with Crippen molar-refractivity contribution in [3.63, 3.8) is 0 Å². The van der Waals surface area contributed by atoms with E-state index in [-0.39, 0.29) is 6.48 Å². The zero-order chi connectivity index (χ0) is 7.40. The Bertz CT molecular complexity index is 63.8. The zero-order valence-corrected chi connectivity index (χ0v) is 6.50. The third-order valence-corrected chi connectivity index (χ3v) is 1.40. The number of fused-ring (bicyclic) bond motifs is 3. The Kier molecular flexibility index (Phi) is 3.12. The topological polar surface area (TPSA) is 27.7 Å². The molecule has 0 aromatic heterocycles. The molecule has 3 nitrogen and oxygen atoms in total. The molecule has 60 valence electrons. The summed E-state index contributed by atoms with van der Waals surface area (Å²) in [6, 6.07) is 0. The molecule has 3 aliphatic heterocycles. The van der Waals surface area contributed by atoms with E-state index in [4.69, 9.17) is 14.2 Å². The van der Waals surface area contributed by atoms with Gasteiger partial charge in [-0.2, -0.15) is 0 Å². The van der Waals surface area contributed by atoms with E-state index in [1.807, 2.05) is 13.8 Å². The van der Waals surface area contributed by atoms with Crippen LogP contribution in [0.25, 0.3) is 0 Å². The fraction of sp³-hybridized carbons (Fsp3) is 1.00. The molecule has 0 unspecified atom stereocenters. The molecule has 3 saturated heterocycles. The van der Waals surface area contributed by atoms with Gasteiger partial charge in [-0.05, 0) is 0 Å². The summed E-state index contributed by atoms with van der Waals surface area (Å²) in [7, 11) is 0. The molecule has 0 spiro atoms. The first-order chi connectivity index (χ1) is 4.95. The van der Waals surface area contributed by atoms with E-state index >= 15 is 0 Å². The van der Waals surface area contributed by atoms with E-state index in [1.165, 1.54) is 0 Å². The second-order valence-corrected chi connectivity index (χ2v) is 2.15. The van der Waals surface area contributed by atoms with Gasteiger partial charge >= 0.3 is 0 Å². The number of rotatable bonds is 0. The number of hydrogen-bond donors (Lipinski definition) is 0. The molecule has 0 saturated carbocycles. The van der Waals surface area contributed by atoms with Gasteiger partial charge in [-0.1, -0.05) is 13.8 Å². The highest BCUT2D eigenvalue weighted by atomic mass is 16.9. The maximum Gasteiger partial charge on any atom is 0.271 e. The van der Waals surface area contributed by atoms with Gasteiger partial charge in [0.15, 0.2) is 0 Å². The molecule has 0 aromatic rings. The second kappa shape index (κ2) is 3.91. The van der Waals surface area contributed by atoms with Crippen molar-refractivity contribution in [1.29, 1.82) is 0 Å². The van der Waals surface area contributed by atoms with Gasteiger partial charge < -0.3 is 14.2 Å². The Morgan fingerprint density at radius 1 is 0.900 bits per heavy atom. The molecule has 0 N–H and O–H groups in total. The lowest BCUT2D eigenvalue weighted by molar-refractivity contribution is -0.368. The van der Waals surface area contributed by atoms with Crippen LogP contribution in [0, 0.1) is 5.92 Å². The fourth-order valence-electron chi connectivity index (χ4n) is 0.933. The van der Waals surface area contributed by atoms with Gasteiger partial charge in [-0.25, -0.2) is 0 Å². The molecule has 3 fully saturated rings. The summed E-state index contributed by atoms with van der Waals surface area (Å²) in [5.74, 6) is 0.486. The summed E-state index contributed by atoms with van der Waals surface area (Å²) in [4.78, 5) is 0. The molecular formula is C7H14O3. The van der Waals surface area contributed by atoms with Crippen molar-refractivity contribution in [2.75, 3.05) is 19.8 Å². The molecule has 3 rings (SSSR count). The molecule has 3 heterocycles. The van der Waals surface area contributed by atoms with E-state index in [0.717, 1.165) is 19.8 Å². The van der Waals surface area contributed by atoms with Crippen molar-refractivity contribution in [3.05, 3.63) is 0 Å². The lowest BCUT2D eigenvalue weighted by Crippen LogP contribution is -2.43. The molecule has 3 aliphatic rings. The normalized spacial score (nSPS) is 36.6. The van der Waals surface area contributed by atoms with Gasteiger partial charge in [0.1, 0.15) is 0 Å². The lowest BCUT2D eigenvalue weighted by Gasteiger charge is -2.35. The summed E-state index contributed by atoms with van der Waals surface area (Å²) >= 11 is 0. The van der Waals surface area contributed by atoms with Crippen molar-refractivity contribution >= 4 is 0 Å². The minimum absolute atomic E-state index is 0.347. The monoisotopic (exact) mass is 146 g/mol. The third-order valence-electron chi connectivity index (χ3n) is 1.40. The van der Waals surface area contributed by atoms with E-state index in [2.05, 4.69) is 0 Å². The highest BCUT2D eigenvalue weighted by Gasteiger charge is 2.29. The molecule has 0 aromatic carbocycles. The Labute approximate surface area is 61.3 Å². The van der Waals surface area contributed by atoms with Crippen molar-refractivity contribution in [2.24, 2.45) is 5.92 Å². The predicted octanol–water partition coefficient (Wildman–Crippen LogP) is 0.989. The van der Waals surface area contributed by atoms with Gasteiger partial charge in [0, 0.05) is 5.92 Å². The van der Waals surface area contributed by atoms with Crippen molar-refractivity contribution < 1.29 is 14.2 Å². The van der Waals surface area contributed by atoms with Gasteiger partial charge in [-0.3, -0.25) is 0 Å². The van der Waals surface area contributed by atoms with Crippen LogP contribution in [-0.4, -0.2) is 26.3 Å². The first-order valence-electron chi connectivity index (χ1n) is 3.80. The Morgan fingerprint density at radius 2 is 1.30 bits per heavy atom. The number of hydrogen-bond acceptors (Lipinski definition) is 3. The van der Waals surface area contributed by atoms with Gasteiger partial charge in [0.25, 0.3) is 6.48 Å². The highest BCUT2D eigenvalue weighted by molar-refractivity contribution is 4.63. The smallest absolute Gasteiger partial charge is 0.271 e. The molecule has 0 amide bonds. The van der Waals surface area contributed by atoms with Crippen LogP contribution in [0.3, 0.4) is 0 Å². The molecule has 3 heteroatoms. The minimum Gasteiger partial charge on any atom is -0.329 e. The predicted molar refractivity (Wildman–Crippen MR) is 36.5 cm³/mol. The lowest BCUT2D eigenvalue weighted by atomic mass is 10.2. The first kappa shape index (κ1) is 7.98. The molecule has 2 bridgehead atoms. The van der Waals surface area contributed by atoms with E-state index < -0.39 is 0 Å². The average molecular weight is 146 g/mol. The van der Waals surface area contributed by atoms with Crippen LogP contribution in [0.1, 0.15) is 13.8 Å². The third kappa shape index (κ3) is 1.68. The summed E-state index contributed by atoms with van der Waals surface area (Å²) in [6.07, 6.45) is 0. The summed E-state index contributed by atoms with van der Waals surface area (Å²) in [6.45, 7) is 6.08. The Balaban J connectivity index is 0.000000231. The van der Waals surface area contributed by atoms with Gasteiger partial charge in [0.2, 0.25) is 0 Å². The van der Waals surface area contributed by atoms with Crippen molar-refractivity contribution in [3.8, 4) is 0 Å². The highest BCUT2D eigenvalue weighted by Crippen LogP contribution is 2.19. The molecule has 10 heavy (non-hydrogen) atoms. The SMILES string of the molecule is C1OC2OCC1CO2.CC. The van der Waals surface area contributed by atoms with Gasteiger partial charge in [0.05, 0.1) is 19.8 Å². The fourth-order valence-corrected chi connectivity index (χ4v) is 0.933. The summed E-state index contributed by atoms with van der Waals surface area (Å²) in [5.41, 5.74) is 0. The van der Waals surface area contributed by atoms with Crippen LogP contribution >= 0.6 is 0 Å². The largest absolute Gasteiger partial charge is 0.329 e. The Hall–Kier alpha value is -0.120. The molecule has 0 radical (unpaired) electrons. The number of ether oxygens (including phenoxy) is 3. The summed E-state index contributed by atoms with van der Waals surface area (Å²) in [5, 5.41) is 0. The van der Waals surface area contributed by atoms with E-state index in [1.54, 1.807) is 0 Å². The van der Waals surface area contributed by atoms with E-state index in [9.17, 15) is 0 Å². The molecule has 0 aliphatic carbocycles. The van der Waals surface area contributed by atoms with Crippen LogP contribution in [0.15, 0.2) is 0 Å². The minimum atomic E-state index is -0.347. The second-order valence-electron chi connectivity index (χ2n) is 2.15. The van der Waals surface area contributed by atoms with Crippen LogP contribution in [0.4, 0.5) is 0 Å². The maximum atomic E-state index is 5.03. The van der Waals surface area contributed by atoms with Crippen LogP contribution < -0.4 is 0 Å². The standard InChI is InChI=1S/C5H8O3.C2H6/c1-4-2-7-5(6-1)8-3-4;1-2/h4-5H,1-3H2;1-2H3. The van der Waals surface area contributed by atoms with E-state index in [0.29, 0.717) is 5.92 Å². The molecule has 0 atom stereocenters. The van der Waals surface area contributed by atoms with Gasteiger partial charge in [-0.15, -0.1) is 0 Å². The summed E-state index contributed by atoms with van der Waals surface area (Å²) < 4.78 is 15.1.